The van der Waals surface area contributed by atoms with Crippen molar-refractivity contribution >= 4 is 23.7 Å². The summed E-state index contributed by atoms with van der Waals surface area (Å²) in [5.41, 5.74) is 1.82. The fraction of sp³-hybridized carbons (Fsp3) is 0.333. The van der Waals surface area contributed by atoms with E-state index in [-0.39, 0.29) is 31.2 Å². The SMILES string of the molecule is O=C(O)Cc1ccc2c(c1)CN(C1CCC(=O)NC1=O)C2=O. The van der Waals surface area contributed by atoms with Gasteiger partial charge in [0.25, 0.3) is 5.91 Å². The van der Waals surface area contributed by atoms with E-state index in [2.05, 4.69) is 5.32 Å². The minimum atomic E-state index is -0.939. The van der Waals surface area contributed by atoms with Crippen LogP contribution in [0.15, 0.2) is 18.2 Å². The van der Waals surface area contributed by atoms with Crippen molar-refractivity contribution in [3.8, 4) is 0 Å². The molecule has 0 saturated carbocycles. The van der Waals surface area contributed by atoms with E-state index in [1.807, 2.05) is 0 Å². The fourth-order valence-electron chi connectivity index (χ4n) is 2.91. The Bertz CT molecular complexity index is 697. The molecule has 2 aliphatic heterocycles. The zero-order valence-electron chi connectivity index (χ0n) is 11.7. The van der Waals surface area contributed by atoms with Gasteiger partial charge in [-0.15, -0.1) is 0 Å². The normalized spacial score (nSPS) is 20.8. The zero-order valence-corrected chi connectivity index (χ0v) is 11.7. The molecule has 0 spiro atoms. The summed E-state index contributed by atoms with van der Waals surface area (Å²) in [5.74, 6) is -1.98. The number of aliphatic carboxylic acids is 1. The lowest BCUT2D eigenvalue weighted by molar-refractivity contribution is -0.137. The predicted molar refractivity (Wildman–Crippen MR) is 73.8 cm³/mol. The van der Waals surface area contributed by atoms with Gasteiger partial charge in [0.1, 0.15) is 6.04 Å². The molecule has 22 heavy (non-hydrogen) atoms. The highest BCUT2D eigenvalue weighted by Crippen LogP contribution is 2.28. The van der Waals surface area contributed by atoms with Gasteiger partial charge in [0, 0.05) is 18.5 Å². The Balaban J connectivity index is 1.83. The number of nitrogens with one attached hydrogen (secondary N) is 1. The number of hydrogen-bond donors (Lipinski definition) is 2. The molecule has 7 heteroatoms. The van der Waals surface area contributed by atoms with Crippen LogP contribution < -0.4 is 5.32 Å². The van der Waals surface area contributed by atoms with Crippen molar-refractivity contribution in [3.63, 3.8) is 0 Å². The third-order valence-corrected chi connectivity index (χ3v) is 3.94. The number of fused-ring (bicyclic) bond motifs is 1. The number of amides is 3. The van der Waals surface area contributed by atoms with E-state index >= 15 is 0 Å². The van der Waals surface area contributed by atoms with E-state index in [0.717, 1.165) is 0 Å². The van der Waals surface area contributed by atoms with E-state index in [1.165, 1.54) is 4.90 Å². The molecule has 1 unspecified atom stereocenters. The summed E-state index contributed by atoms with van der Waals surface area (Å²) in [6.45, 7) is 0.258. The average Bonchev–Trinajstić information content (AvgIpc) is 2.75. The summed E-state index contributed by atoms with van der Waals surface area (Å²) in [4.78, 5) is 47.7. The van der Waals surface area contributed by atoms with Crippen molar-refractivity contribution in [2.45, 2.75) is 31.8 Å². The average molecular weight is 302 g/mol. The topological polar surface area (TPSA) is 104 Å². The quantitative estimate of drug-likeness (QED) is 0.769. The monoisotopic (exact) mass is 302 g/mol. The van der Waals surface area contributed by atoms with Gasteiger partial charge in [0.2, 0.25) is 11.8 Å². The Morgan fingerprint density at radius 1 is 1.32 bits per heavy atom. The molecule has 3 amide bonds. The molecule has 2 N–H and O–H groups in total. The maximum Gasteiger partial charge on any atom is 0.307 e. The number of imide groups is 1. The van der Waals surface area contributed by atoms with Crippen molar-refractivity contribution in [2.75, 3.05) is 0 Å². The molecule has 1 fully saturated rings. The molecule has 1 saturated heterocycles. The third kappa shape index (κ3) is 2.45. The van der Waals surface area contributed by atoms with Crippen LogP contribution in [-0.4, -0.2) is 39.7 Å². The first kappa shape index (κ1) is 14.2. The highest BCUT2D eigenvalue weighted by atomic mass is 16.4. The smallest absolute Gasteiger partial charge is 0.307 e. The Labute approximate surface area is 125 Å². The van der Waals surface area contributed by atoms with E-state index in [0.29, 0.717) is 23.1 Å². The molecule has 1 atom stereocenters. The van der Waals surface area contributed by atoms with Gasteiger partial charge in [-0.25, -0.2) is 0 Å². The van der Waals surface area contributed by atoms with Gasteiger partial charge in [-0.1, -0.05) is 12.1 Å². The largest absolute Gasteiger partial charge is 0.481 e. The second-order valence-corrected chi connectivity index (χ2v) is 5.46. The number of carboxylic acids is 1. The number of carbonyl (C=O) groups is 4. The fourth-order valence-corrected chi connectivity index (χ4v) is 2.91. The van der Waals surface area contributed by atoms with Crippen LogP contribution in [0.25, 0.3) is 0 Å². The third-order valence-electron chi connectivity index (χ3n) is 3.94. The van der Waals surface area contributed by atoms with Crippen molar-refractivity contribution < 1.29 is 24.3 Å². The van der Waals surface area contributed by atoms with Crippen LogP contribution >= 0.6 is 0 Å². The van der Waals surface area contributed by atoms with Crippen LogP contribution in [0.5, 0.6) is 0 Å². The van der Waals surface area contributed by atoms with Gasteiger partial charge in [-0.05, 0) is 23.6 Å². The molecule has 7 nitrogen and oxygen atoms in total. The van der Waals surface area contributed by atoms with E-state index in [9.17, 15) is 19.2 Å². The molecule has 0 bridgehead atoms. The molecule has 0 radical (unpaired) electrons. The van der Waals surface area contributed by atoms with Crippen LogP contribution in [0.2, 0.25) is 0 Å². The summed E-state index contributed by atoms with van der Waals surface area (Å²) < 4.78 is 0. The molecule has 2 heterocycles. The van der Waals surface area contributed by atoms with Crippen molar-refractivity contribution in [1.82, 2.24) is 10.2 Å². The maximum atomic E-state index is 12.4. The lowest BCUT2D eigenvalue weighted by atomic mass is 10.0. The van der Waals surface area contributed by atoms with E-state index in [4.69, 9.17) is 5.11 Å². The number of carboxylic acid groups (broad SMARTS) is 1. The molecule has 2 aliphatic rings. The predicted octanol–water partition coefficient (Wildman–Crippen LogP) is 0.0747. The minimum absolute atomic E-state index is 0.111. The van der Waals surface area contributed by atoms with Gasteiger partial charge in [0.05, 0.1) is 6.42 Å². The van der Waals surface area contributed by atoms with Gasteiger partial charge >= 0.3 is 5.97 Å². The molecule has 114 valence electrons. The van der Waals surface area contributed by atoms with Gasteiger partial charge < -0.3 is 10.0 Å². The highest BCUT2D eigenvalue weighted by Gasteiger charge is 2.39. The van der Waals surface area contributed by atoms with Gasteiger partial charge in [-0.2, -0.15) is 0 Å². The van der Waals surface area contributed by atoms with Crippen LogP contribution in [0.1, 0.15) is 34.3 Å². The van der Waals surface area contributed by atoms with Gasteiger partial charge in [-0.3, -0.25) is 24.5 Å². The molecular formula is C15H14N2O5. The molecule has 1 aromatic rings. The zero-order chi connectivity index (χ0) is 15.9. The first-order valence-electron chi connectivity index (χ1n) is 6.94. The maximum absolute atomic E-state index is 12.4. The second kappa shape index (κ2) is 5.25. The number of hydrogen-bond acceptors (Lipinski definition) is 4. The summed E-state index contributed by atoms with van der Waals surface area (Å²) in [6, 6.07) is 4.24. The summed E-state index contributed by atoms with van der Waals surface area (Å²) >= 11 is 0. The number of rotatable bonds is 3. The first-order chi connectivity index (χ1) is 10.5. The van der Waals surface area contributed by atoms with Crippen LogP contribution in [0.4, 0.5) is 0 Å². The highest BCUT2D eigenvalue weighted by molar-refractivity contribution is 6.05. The second-order valence-electron chi connectivity index (χ2n) is 5.46. The number of piperidine rings is 1. The first-order valence-corrected chi connectivity index (χ1v) is 6.94. The number of benzene rings is 1. The standard InChI is InChI=1S/C15H14N2O5/c18-12-4-3-11(14(21)16-12)17-7-9-5-8(6-13(19)20)1-2-10(9)15(17)22/h1-2,5,11H,3-4,6-7H2,(H,19,20)(H,16,18,21). The molecular weight excluding hydrogens is 288 g/mol. The summed E-state index contributed by atoms with van der Waals surface area (Å²) in [7, 11) is 0. The van der Waals surface area contributed by atoms with E-state index < -0.39 is 17.9 Å². The number of nitrogens with zero attached hydrogens (tertiary/aromatic N) is 1. The lowest BCUT2D eigenvalue weighted by Gasteiger charge is -2.29. The Hall–Kier alpha value is -2.70. The van der Waals surface area contributed by atoms with E-state index in [1.54, 1.807) is 18.2 Å². The molecule has 0 aromatic heterocycles. The Morgan fingerprint density at radius 2 is 2.09 bits per heavy atom. The molecule has 0 aliphatic carbocycles. The Kier molecular flexibility index (Phi) is 3.40. The van der Waals surface area contributed by atoms with Crippen LogP contribution in [0, 0.1) is 0 Å². The minimum Gasteiger partial charge on any atom is -0.481 e. The van der Waals surface area contributed by atoms with Crippen LogP contribution in [-0.2, 0) is 27.3 Å². The molecule has 3 rings (SSSR count). The van der Waals surface area contributed by atoms with Crippen LogP contribution in [0.3, 0.4) is 0 Å². The summed E-state index contributed by atoms with van der Waals surface area (Å²) in [6.07, 6.45) is 0.410. The summed E-state index contributed by atoms with van der Waals surface area (Å²) in [5, 5.41) is 11.1. The lowest BCUT2D eigenvalue weighted by Crippen LogP contribution is -2.52. The Morgan fingerprint density at radius 3 is 2.77 bits per heavy atom. The van der Waals surface area contributed by atoms with Crippen molar-refractivity contribution in [2.24, 2.45) is 0 Å². The van der Waals surface area contributed by atoms with Gasteiger partial charge in [0.15, 0.2) is 0 Å². The number of carbonyl (C=O) groups excluding carboxylic acids is 3. The molecule has 1 aromatic carbocycles. The van der Waals surface area contributed by atoms with Crippen molar-refractivity contribution in [1.29, 1.82) is 0 Å². The van der Waals surface area contributed by atoms with Crippen molar-refractivity contribution in [3.05, 3.63) is 34.9 Å².